The van der Waals surface area contributed by atoms with Crippen molar-refractivity contribution in [2.45, 2.75) is 26.6 Å². The molecule has 0 fully saturated rings. The molecule has 7 heteroatoms. The van der Waals surface area contributed by atoms with E-state index in [1.54, 1.807) is 13.8 Å². The van der Waals surface area contributed by atoms with Crippen molar-refractivity contribution in [3.8, 4) is 5.69 Å². The van der Waals surface area contributed by atoms with Gasteiger partial charge in [-0.2, -0.15) is 18.3 Å². The summed E-state index contributed by atoms with van der Waals surface area (Å²) in [5, 5.41) is 4.42. The maximum Gasteiger partial charge on any atom is 0.416 e. The number of nitrogens with zero attached hydrogens (tertiary/aromatic N) is 2. The molecule has 2 N–H and O–H groups in total. The molecular weight excluding hydrogens is 291 g/mol. The lowest BCUT2D eigenvalue weighted by atomic mass is 10.1. The lowest BCUT2D eigenvalue weighted by Crippen LogP contribution is -2.08. The van der Waals surface area contributed by atoms with E-state index < -0.39 is 11.7 Å². The van der Waals surface area contributed by atoms with Crippen molar-refractivity contribution in [1.82, 2.24) is 9.78 Å². The van der Waals surface area contributed by atoms with E-state index >= 15 is 0 Å². The monoisotopic (exact) mass is 303 g/mol. The minimum atomic E-state index is -4.42. The standard InChI is InChI=1S/C13H13ClF3N3/c1-7-10(6-18)8(2)20(19-7)12-5-9(13(15,16)17)3-4-11(12)14/h3-5H,6,18H2,1-2H3. The van der Waals surface area contributed by atoms with Gasteiger partial charge in [0.05, 0.1) is 22.0 Å². The van der Waals surface area contributed by atoms with Gasteiger partial charge in [-0.05, 0) is 32.0 Å². The zero-order valence-electron chi connectivity index (χ0n) is 10.9. The van der Waals surface area contributed by atoms with Gasteiger partial charge in [-0.3, -0.25) is 0 Å². The largest absolute Gasteiger partial charge is 0.416 e. The van der Waals surface area contributed by atoms with E-state index in [1.165, 1.54) is 10.7 Å². The van der Waals surface area contributed by atoms with Crippen molar-refractivity contribution < 1.29 is 13.2 Å². The molecule has 1 aromatic carbocycles. The van der Waals surface area contributed by atoms with Crippen LogP contribution in [0.15, 0.2) is 18.2 Å². The Hall–Kier alpha value is -1.53. The molecule has 0 bridgehead atoms. The first-order valence-corrected chi connectivity index (χ1v) is 6.25. The summed E-state index contributed by atoms with van der Waals surface area (Å²) in [6, 6.07) is 3.15. The van der Waals surface area contributed by atoms with Crippen LogP contribution in [0.5, 0.6) is 0 Å². The average Bonchev–Trinajstić information content (AvgIpc) is 2.63. The minimum absolute atomic E-state index is 0.196. The molecule has 20 heavy (non-hydrogen) atoms. The van der Waals surface area contributed by atoms with Gasteiger partial charge in [0, 0.05) is 17.8 Å². The van der Waals surface area contributed by atoms with Crippen LogP contribution in [-0.2, 0) is 12.7 Å². The highest BCUT2D eigenvalue weighted by atomic mass is 35.5. The molecule has 0 spiro atoms. The number of alkyl halides is 3. The highest BCUT2D eigenvalue weighted by molar-refractivity contribution is 6.32. The second-order valence-electron chi connectivity index (χ2n) is 4.43. The maximum atomic E-state index is 12.8. The SMILES string of the molecule is Cc1nn(-c2cc(C(F)(F)F)ccc2Cl)c(C)c1CN. The van der Waals surface area contributed by atoms with Gasteiger partial charge in [0.2, 0.25) is 0 Å². The molecule has 0 amide bonds. The minimum Gasteiger partial charge on any atom is -0.326 e. The molecule has 2 rings (SSSR count). The Morgan fingerprint density at radius 1 is 1.30 bits per heavy atom. The van der Waals surface area contributed by atoms with Gasteiger partial charge < -0.3 is 5.73 Å². The van der Waals surface area contributed by atoms with Crippen molar-refractivity contribution in [3.63, 3.8) is 0 Å². The Labute approximate surface area is 119 Å². The molecule has 0 aliphatic heterocycles. The van der Waals surface area contributed by atoms with Crippen LogP contribution in [-0.4, -0.2) is 9.78 Å². The summed E-state index contributed by atoms with van der Waals surface area (Å²) in [5.41, 5.74) is 7.21. The molecule has 0 saturated heterocycles. The second kappa shape index (κ2) is 5.10. The van der Waals surface area contributed by atoms with Crippen molar-refractivity contribution in [2.24, 2.45) is 5.73 Å². The average molecular weight is 304 g/mol. The van der Waals surface area contributed by atoms with Crippen molar-refractivity contribution in [3.05, 3.63) is 45.7 Å². The zero-order valence-corrected chi connectivity index (χ0v) is 11.7. The fourth-order valence-corrected chi connectivity index (χ4v) is 2.25. The van der Waals surface area contributed by atoms with E-state index in [-0.39, 0.29) is 17.3 Å². The molecule has 0 saturated carbocycles. The Morgan fingerprint density at radius 3 is 2.45 bits per heavy atom. The van der Waals surface area contributed by atoms with Gasteiger partial charge in [-0.25, -0.2) is 4.68 Å². The van der Waals surface area contributed by atoms with Gasteiger partial charge in [0.15, 0.2) is 0 Å². The van der Waals surface area contributed by atoms with Crippen LogP contribution in [0.1, 0.15) is 22.5 Å². The van der Waals surface area contributed by atoms with Gasteiger partial charge >= 0.3 is 6.18 Å². The van der Waals surface area contributed by atoms with Gasteiger partial charge in [0.25, 0.3) is 0 Å². The number of halogens is 4. The maximum absolute atomic E-state index is 12.8. The predicted octanol–water partition coefficient (Wildman–Crippen LogP) is 3.62. The summed E-state index contributed by atoms with van der Waals surface area (Å²) in [4.78, 5) is 0. The number of hydrogen-bond donors (Lipinski definition) is 1. The number of aromatic nitrogens is 2. The van der Waals surface area contributed by atoms with E-state index in [2.05, 4.69) is 5.10 Å². The van der Waals surface area contributed by atoms with E-state index in [4.69, 9.17) is 17.3 Å². The molecule has 108 valence electrons. The molecule has 3 nitrogen and oxygen atoms in total. The number of nitrogens with two attached hydrogens (primary N) is 1. The van der Waals surface area contributed by atoms with Crippen LogP contribution < -0.4 is 5.73 Å². The van der Waals surface area contributed by atoms with E-state index in [1.807, 2.05) is 0 Å². The molecule has 0 atom stereocenters. The van der Waals surface area contributed by atoms with E-state index in [0.717, 1.165) is 17.7 Å². The summed E-state index contributed by atoms with van der Waals surface area (Å²) >= 11 is 6.00. The first-order chi connectivity index (χ1) is 9.25. The fourth-order valence-electron chi connectivity index (χ4n) is 2.06. The predicted molar refractivity (Wildman–Crippen MR) is 70.9 cm³/mol. The lowest BCUT2D eigenvalue weighted by Gasteiger charge is -2.12. The molecule has 0 radical (unpaired) electrons. The van der Waals surface area contributed by atoms with Crippen molar-refractivity contribution >= 4 is 11.6 Å². The molecule has 1 aromatic heterocycles. The van der Waals surface area contributed by atoms with E-state index in [9.17, 15) is 13.2 Å². The summed E-state index contributed by atoms with van der Waals surface area (Å²) in [6.45, 7) is 3.78. The van der Waals surface area contributed by atoms with Crippen LogP contribution in [0.2, 0.25) is 5.02 Å². The van der Waals surface area contributed by atoms with Gasteiger partial charge in [-0.1, -0.05) is 11.6 Å². The van der Waals surface area contributed by atoms with Crippen LogP contribution in [0.4, 0.5) is 13.2 Å². The normalized spacial score (nSPS) is 11.9. The number of benzene rings is 1. The molecule has 0 aliphatic carbocycles. The molecule has 0 aliphatic rings. The van der Waals surface area contributed by atoms with Crippen LogP contribution >= 0.6 is 11.6 Å². The van der Waals surface area contributed by atoms with Crippen LogP contribution in [0.25, 0.3) is 5.69 Å². The molecule has 2 aromatic rings. The number of hydrogen-bond acceptors (Lipinski definition) is 2. The Balaban J connectivity index is 2.64. The Kier molecular flexibility index (Phi) is 3.80. The molecule has 0 unspecified atom stereocenters. The third-order valence-corrected chi connectivity index (χ3v) is 3.47. The Morgan fingerprint density at radius 2 is 1.95 bits per heavy atom. The summed E-state index contributed by atoms with van der Waals surface area (Å²) < 4.78 is 39.7. The summed E-state index contributed by atoms with van der Waals surface area (Å²) in [5.74, 6) is 0. The summed E-state index contributed by atoms with van der Waals surface area (Å²) in [7, 11) is 0. The smallest absolute Gasteiger partial charge is 0.326 e. The highest BCUT2D eigenvalue weighted by Gasteiger charge is 2.31. The first kappa shape index (κ1) is 14.9. The first-order valence-electron chi connectivity index (χ1n) is 5.88. The van der Waals surface area contributed by atoms with Crippen LogP contribution in [0.3, 0.4) is 0 Å². The van der Waals surface area contributed by atoms with Gasteiger partial charge in [0.1, 0.15) is 0 Å². The molecule has 1 heterocycles. The van der Waals surface area contributed by atoms with E-state index in [0.29, 0.717) is 11.4 Å². The van der Waals surface area contributed by atoms with Crippen molar-refractivity contribution in [2.75, 3.05) is 0 Å². The second-order valence-corrected chi connectivity index (χ2v) is 4.84. The number of rotatable bonds is 2. The fraction of sp³-hybridized carbons (Fsp3) is 0.308. The zero-order chi connectivity index (χ0) is 15.1. The highest BCUT2D eigenvalue weighted by Crippen LogP contribution is 2.33. The third-order valence-electron chi connectivity index (χ3n) is 3.15. The lowest BCUT2D eigenvalue weighted by molar-refractivity contribution is -0.137. The molecular formula is C13H13ClF3N3. The number of aryl methyl sites for hydroxylation is 1. The van der Waals surface area contributed by atoms with Gasteiger partial charge in [-0.15, -0.1) is 0 Å². The Bertz CT molecular complexity index is 647. The quantitative estimate of drug-likeness (QED) is 0.921. The topological polar surface area (TPSA) is 43.8 Å². The summed E-state index contributed by atoms with van der Waals surface area (Å²) in [6.07, 6.45) is -4.42. The van der Waals surface area contributed by atoms with Crippen molar-refractivity contribution in [1.29, 1.82) is 0 Å². The van der Waals surface area contributed by atoms with Crippen LogP contribution in [0, 0.1) is 13.8 Å². The third kappa shape index (κ3) is 2.53.